The predicted octanol–water partition coefficient (Wildman–Crippen LogP) is 1.69. The fourth-order valence-electron chi connectivity index (χ4n) is 2.18. The Morgan fingerprint density at radius 1 is 1.37 bits per heavy atom. The Bertz CT molecular complexity index is 550. The van der Waals surface area contributed by atoms with Crippen LogP contribution in [0.25, 0.3) is 0 Å². The highest BCUT2D eigenvalue weighted by Gasteiger charge is 2.17. The Labute approximate surface area is 113 Å². The van der Waals surface area contributed by atoms with Crippen molar-refractivity contribution in [3.63, 3.8) is 0 Å². The van der Waals surface area contributed by atoms with E-state index in [9.17, 15) is 0 Å². The smallest absolute Gasteiger partial charge is 0.137 e. The number of aromatic nitrogens is 3. The number of nitrogens with zero attached hydrogens (tertiary/aromatic N) is 3. The molecule has 19 heavy (non-hydrogen) atoms. The summed E-state index contributed by atoms with van der Waals surface area (Å²) in [6.07, 6.45) is 4.49. The Morgan fingerprint density at radius 2 is 2.16 bits per heavy atom. The topological polar surface area (TPSA) is 52.0 Å². The number of nitrogens with one attached hydrogen (secondary N) is 1. The van der Waals surface area contributed by atoms with E-state index >= 15 is 0 Å². The fraction of sp³-hybridized carbons (Fsp3) is 0.429. The van der Waals surface area contributed by atoms with Gasteiger partial charge in [-0.2, -0.15) is 5.10 Å². The maximum absolute atomic E-state index is 5.23. The molecule has 0 radical (unpaired) electrons. The summed E-state index contributed by atoms with van der Waals surface area (Å²) in [5.41, 5.74) is 3.27. The molecule has 5 heteroatoms. The monoisotopic (exact) mass is 260 g/mol. The van der Waals surface area contributed by atoms with Gasteiger partial charge in [0.2, 0.25) is 0 Å². The van der Waals surface area contributed by atoms with Crippen LogP contribution in [0.3, 0.4) is 0 Å². The minimum absolute atomic E-state index is 0.0559. The van der Waals surface area contributed by atoms with Crippen LogP contribution in [-0.4, -0.2) is 28.9 Å². The molecular formula is C14H20N4O. The molecule has 2 heterocycles. The molecule has 0 spiro atoms. The van der Waals surface area contributed by atoms with Gasteiger partial charge in [-0.1, -0.05) is 6.92 Å². The van der Waals surface area contributed by atoms with Crippen molar-refractivity contribution < 1.29 is 4.74 Å². The number of rotatable bonds is 5. The summed E-state index contributed by atoms with van der Waals surface area (Å²) < 4.78 is 7.15. The molecule has 2 aromatic rings. The number of ether oxygens (including phenoxy) is 1. The molecule has 1 N–H and O–H groups in total. The first-order valence-corrected chi connectivity index (χ1v) is 6.38. The van der Waals surface area contributed by atoms with E-state index in [1.807, 2.05) is 31.0 Å². The summed E-state index contributed by atoms with van der Waals surface area (Å²) in [5.74, 6) is 0.760. The third-order valence-electron chi connectivity index (χ3n) is 3.22. The minimum Gasteiger partial charge on any atom is -0.495 e. The average Bonchev–Trinajstić information content (AvgIpc) is 2.81. The van der Waals surface area contributed by atoms with Crippen LogP contribution in [-0.2, 0) is 13.5 Å². The molecule has 0 fully saturated rings. The summed E-state index contributed by atoms with van der Waals surface area (Å²) in [4.78, 5) is 4.21. The van der Waals surface area contributed by atoms with Crippen LogP contribution in [0.1, 0.15) is 29.9 Å². The van der Waals surface area contributed by atoms with Crippen molar-refractivity contribution in [1.82, 2.24) is 20.1 Å². The summed E-state index contributed by atoms with van der Waals surface area (Å²) in [7, 11) is 5.55. The van der Waals surface area contributed by atoms with Gasteiger partial charge in [0.25, 0.3) is 0 Å². The van der Waals surface area contributed by atoms with E-state index in [0.717, 1.165) is 29.1 Å². The third-order valence-corrected chi connectivity index (χ3v) is 3.22. The van der Waals surface area contributed by atoms with Crippen molar-refractivity contribution in [3.05, 3.63) is 41.5 Å². The van der Waals surface area contributed by atoms with Crippen LogP contribution in [0.5, 0.6) is 5.75 Å². The highest BCUT2D eigenvalue weighted by Crippen LogP contribution is 2.24. The second kappa shape index (κ2) is 5.84. The molecule has 0 aliphatic heterocycles. The molecule has 0 saturated carbocycles. The average molecular weight is 260 g/mol. The Hall–Kier alpha value is -1.88. The molecule has 1 atom stereocenters. The van der Waals surface area contributed by atoms with Crippen molar-refractivity contribution in [2.45, 2.75) is 19.4 Å². The summed E-state index contributed by atoms with van der Waals surface area (Å²) >= 11 is 0. The third kappa shape index (κ3) is 2.76. The molecule has 0 aliphatic rings. The van der Waals surface area contributed by atoms with E-state index in [2.05, 4.69) is 28.4 Å². The molecule has 5 nitrogen and oxygen atoms in total. The second-order valence-corrected chi connectivity index (χ2v) is 4.42. The van der Waals surface area contributed by atoms with Gasteiger partial charge in [-0.25, -0.2) is 0 Å². The highest BCUT2D eigenvalue weighted by atomic mass is 16.5. The lowest BCUT2D eigenvalue weighted by Crippen LogP contribution is -2.20. The van der Waals surface area contributed by atoms with E-state index in [1.54, 1.807) is 13.3 Å². The van der Waals surface area contributed by atoms with E-state index in [1.165, 1.54) is 0 Å². The molecular weight excluding hydrogens is 240 g/mol. The lowest BCUT2D eigenvalue weighted by atomic mass is 10.1. The lowest BCUT2D eigenvalue weighted by Gasteiger charge is -2.17. The molecule has 0 aliphatic carbocycles. The molecule has 0 bridgehead atoms. The van der Waals surface area contributed by atoms with Gasteiger partial charge in [-0.05, 0) is 31.2 Å². The van der Waals surface area contributed by atoms with Gasteiger partial charge in [0.15, 0.2) is 0 Å². The van der Waals surface area contributed by atoms with Crippen LogP contribution in [0.4, 0.5) is 0 Å². The molecule has 2 aromatic heterocycles. The van der Waals surface area contributed by atoms with Gasteiger partial charge < -0.3 is 10.1 Å². The van der Waals surface area contributed by atoms with Crippen molar-refractivity contribution in [3.8, 4) is 5.75 Å². The van der Waals surface area contributed by atoms with Crippen LogP contribution in [0.15, 0.2) is 24.5 Å². The van der Waals surface area contributed by atoms with Crippen molar-refractivity contribution in [2.24, 2.45) is 7.05 Å². The first kappa shape index (κ1) is 13.5. The number of aryl methyl sites for hydroxylation is 2. The number of hydrogen-bond acceptors (Lipinski definition) is 4. The van der Waals surface area contributed by atoms with E-state index < -0.39 is 0 Å². The molecule has 1 unspecified atom stereocenters. The van der Waals surface area contributed by atoms with Gasteiger partial charge in [-0.15, -0.1) is 0 Å². The zero-order chi connectivity index (χ0) is 13.8. The molecule has 102 valence electrons. The first-order valence-electron chi connectivity index (χ1n) is 6.38. The zero-order valence-corrected chi connectivity index (χ0v) is 11.8. The Morgan fingerprint density at radius 3 is 2.74 bits per heavy atom. The first-order chi connectivity index (χ1) is 9.19. The number of hydrogen-bond donors (Lipinski definition) is 1. The molecule has 0 amide bonds. The zero-order valence-electron chi connectivity index (χ0n) is 11.8. The number of pyridine rings is 1. The van der Waals surface area contributed by atoms with Crippen molar-refractivity contribution in [2.75, 3.05) is 14.2 Å². The Balaban J connectivity index is 2.40. The van der Waals surface area contributed by atoms with Crippen molar-refractivity contribution >= 4 is 0 Å². The largest absolute Gasteiger partial charge is 0.495 e. The van der Waals surface area contributed by atoms with Gasteiger partial charge in [0.05, 0.1) is 30.7 Å². The molecule has 2 rings (SSSR count). The normalized spacial score (nSPS) is 12.4. The molecule has 0 saturated heterocycles. The summed E-state index contributed by atoms with van der Waals surface area (Å²) in [6, 6.07) is 4.17. The number of methoxy groups -OCH3 is 1. The quantitative estimate of drug-likeness (QED) is 0.889. The fourth-order valence-corrected chi connectivity index (χ4v) is 2.18. The maximum atomic E-state index is 5.23. The van der Waals surface area contributed by atoms with Gasteiger partial charge in [-0.3, -0.25) is 9.67 Å². The maximum Gasteiger partial charge on any atom is 0.137 e. The van der Waals surface area contributed by atoms with Crippen molar-refractivity contribution in [1.29, 1.82) is 0 Å². The van der Waals surface area contributed by atoms with Gasteiger partial charge >= 0.3 is 0 Å². The standard InChI is InChI=1S/C14H20N4O/c1-5-11-7-13(18(3)17-11)14(15-2)10-6-12(19-4)9-16-8-10/h6-9,14-15H,5H2,1-4H3. The van der Waals surface area contributed by atoms with Crippen LogP contribution < -0.4 is 10.1 Å². The van der Waals surface area contributed by atoms with E-state index in [-0.39, 0.29) is 6.04 Å². The highest BCUT2D eigenvalue weighted by molar-refractivity contribution is 5.32. The van der Waals surface area contributed by atoms with E-state index in [0.29, 0.717) is 0 Å². The minimum atomic E-state index is 0.0559. The SMILES string of the molecule is CCc1cc(C(NC)c2cncc(OC)c2)n(C)n1. The van der Waals surface area contributed by atoms with Crippen LogP contribution in [0.2, 0.25) is 0 Å². The lowest BCUT2D eigenvalue weighted by molar-refractivity contribution is 0.411. The van der Waals surface area contributed by atoms with E-state index in [4.69, 9.17) is 4.74 Å². The second-order valence-electron chi connectivity index (χ2n) is 4.42. The van der Waals surface area contributed by atoms with Crippen LogP contribution >= 0.6 is 0 Å². The summed E-state index contributed by atoms with van der Waals surface area (Å²) in [6.45, 7) is 2.10. The van der Waals surface area contributed by atoms with Gasteiger partial charge in [0, 0.05) is 13.2 Å². The van der Waals surface area contributed by atoms with Crippen LogP contribution in [0, 0.1) is 0 Å². The Kier molecular flexibility index (Phi) is 4.16. The predicted molar refractivity (Wildman–Crippen MR) is 74.3 cm³/mol. The summed E-state index contributed by atoms with van der Waals surface area (Å²) in [5, 5.41) is 7.80. The van der Waals surface area contributed by atoms with Gasteiger partial charge in [0.1, 0.15) is 5.75 Å². The molecule has 0 aromatic carbocycles.